The molecule has 1 saturated carbocycles. The molecule has 1 aromatic carbocycles. The van der Waals surface area contributed by atoms with Crippen LogP contribution in [-0.2, 0) is 29.2 Å². The van der Waals surface area contributed by atoms with Gasteiger partial charge < -0.3 is 4.74 Å². The maximum Gasteiger partial charge on any atom is 0.297 e. The van der Waals surface area contributed by atoms with Gasteiger partial charge in [0.15, 0.2) is 0 Å². The highest BCUT2D eigenvalue weighted by Gasteiger charge is 2.31. The van der Waals surface area contributed by atoms with Crippen molar-refractivity contribution in [3.05, 3.63) is 29.8 Å². The van der Waals surface area contributed by atoms with Crippen molar-refractivity contribution >= 4 is 20.3 Å². The highest BCUT2D eigenvalue weighted by Crippen LogP contribution is 2.21. The number of hydrogen-bond donors (Lipinski definition) is 2. The highest BCUT2D eigenvalue weighted by atomic mass is 32.2. The van der Waals surface area contributed by atoms with E-state index in [9.17, 15) is 16.8 Å². The predicted molar refractivity (Wildman–Crippen MR) is 95.3 cm³/mol. The van der Waals surface area contributed by atoms with E-state index in [2.05, 4.69) is 9.44 Å². The van der Waals surface area contributed by atoms with Crippen LogP contribution in [0.25, 0.3) is 0 Å². The molecule has 1 aliphatic carbocycles. The van der Waals surface area contributed by atoms with Gasteiger partial charge in [-0.1, -0.05) is 17.7 Å². The second-order valence-corrected chi connectivity index (χ2v) is 9.89. The Morgan fingerprint density at radius 3 is 2.19 bits per heavy atom. The first-order chi connectivity index (χ1) is 12.2. The van der Waals surface area contributed by atoms with Crippen LogP contribution in [0.2, 0.25) is 0 Å². The number of hydrogen-bond acceptors (Lipinski definition) is 6. The quantitative estimate of drug-likeness (QED) is 0.621. The van der Waals surface area contributed by atoms with E-state index in [0.29, 0.717) is 12.8 Å². The van der Waals surface area contributed by atoms with E-state index < -0.39 is 20.3 Å². The fourth-order valence-corrected chi connectivity index (χ4v) is 4.95. The molecular weight excluding hydrogens is 380 g/mol. The van der Waals surface area contributed by atoms with Gasteiger partial charge in [0.25, 0.3) is 20.3 Å². The fraction of sp³-hybridized carbons (Fsp3) is 0.625. The van der Waals surface area contributed by atoms with Gasteiger partial charge in [-0.05, 0) is 44.7 Å². The third-order valence-corrected chi connectivity index (χ3v) is 6.89. The number of aryl methyl sites for hydroxylation is 1. The van der Waals surface area contributed by atoms with Crippen molar-refractivity contribution in [3.8, 4) is 0 Å². The SMILES string of the molecule is Cc1ccc(S(=O)(=O)OC[C@@H]2CC[C@@H](NS(=O)(=O)NC3CC3)CO2)cc1. The molecule has 0 spiro atoms. The van der Waals surface area contributed by atoms with Crippen LogP contribution in [0.4, 0.5) is 0 Å². The van der Waals surface area contributed by atoms with Gasteiger partial charge >= 0.3 is 0 Å². The van der Waals surface area contributed by atoms with Crippen LogP contribution in [-0.4, -0.2) is 48.2 Å². The van der Waals surface area contributed by atoms with E-state index in [0.717, 1.165) is 18.4 Å². The lowest BCUT2D eigenvalue weighted by molar-refractivity contribution is -0.0212. The van der Waals surface area contributed by atoms with Gasteiger partial charge in [0.1, 0.15) is 0 Å². The molecule has 0 radical (unpaired) electrons. The summed E-state index contributed by atoms with van der Waals surface area (Å²) in [5.74, 6) is 0. The first kappa shape index (κ1) is 19.7. The summed E-state index contributed by atoms with van der Waals surface area (Å²) in [5, 5.41) is 0. The van der Waals surface area contributed by atoms with E-state index in [1.54, 1.807) is 12.1 Å². The Bertz CT molecular complexity index is 811. The predicted octanol–water partition coefficient (Wildman–Crippen LogP) is 0.834. The summed E-state index contributed by atoms with van der Waals surface area (Å²) in [5.41, 5.74) is 0.962. The molecule has 0 bridgehead atoms. The van der Waals surface area contributed by atoms with Crippen molar-refractivity contribution in [3.63, 3.8) is 0 Å². The molecule has 1 saturated heterocycles. The minimum absolute atomic E-state index is 0.0464. The number of benzene rings is 1. The van der Waals surface area contributed by atoms with Crippen LogP contribution in [0.1, 0.15) is 31.2 Å². The Morgan fingerprint density at radius 1 is 1.00 bits per heavy atom. The summed E-state index contributed by atoms with van der Waals surface area (Å²) in [7, 11) is -7.34. The van der Waals surface area contributed by atoms with Gasteiger partial charge in [-0.15, -0.1) is 0 Å². The summed E-state index contributed by atoms with van der Waals surface area (Å²) in [4.78, 5) is 0.107. The van der Waals surface area contributed by atoms with Crippen LogP contribution >= 0.6 is 0 Å². The zero-order valence-corrected chi connectivity index (χ0v) is 16.2. The summed E-state index contributed by atoms with van der Waals surface area (Å²) < 4.78 is 63.9. The molecule has 0 amide bonds. The largest absolute Gasteiger partial charge is 0.374 e. The van der Waals surface area contributed by atoms with E-state index in [1.807, 2.05) is 6.92 Å². The van der Waals surface area contributed by atoms with Crippen LogP contribution in [0.5, 0.6) is 0 Å². The Labute approximate surface area is 154 Å². The number of ether oxygens (including phenoxy) is 1. The monoisotopic (exact) mass is 404 g/mol. The molecule has 2 aliphatic rings. The lowest BCUT2D eigenvalue weighted by Gasteiger charge is -2.29. The molecule has 0 aromatic heterocycles. The molecule has 146 valence electrons. The Hall–Kier alpha value is -1.04. The van der Waals surface area contributed by atoms with Crippen LogP contribution in [0, 0.1) is 6.92 Å². The zero-order chi connectivity index (χ0) is 18.8. The Kier molecular flexibility index (Phi) is 6.00. The van der Waals surface area contributed by atoms with Crippen molar-refractivity contribution < 1.29 is 25.8 Å². The topological polar surface area (TPSA) is 111 Å². The standard InChI is InChI=1S/C16H24N2O6S2/c1-12-2-8-16(9-3-12)25(19,20)24-11-15-7-6-14(10-23-15)18-26(21,22)17-13-4-5-13/h2-3,8-9,13-15,17-18H,4-7,10-11H2,1H3/t14-,15+/m1/s1. The first-order valence-electron chi connectivity index (χ1n) is 8.61. The van der Waals surface area contributed by atoms with Crippen molar-refractivity contribution in [2.24, 2.45) is 0 Å². The molecule has 10 heteroatoms. The van der Waals surface area contributed by atoms with Crippen LogP contribution in [0.3, 0.4) is 0 Å². The van der Waals surface area contributed by atoms with Crippen molar-refractivity contribution in [1.82, 2.24) is 9.44 Å². The summed E-state index contributed by atoms with van der Waals surface area (Å²) in [6.07, 6.45) is 2.44. The smallest absolute Gasteiger partial charge is 0.297 e. The van der Waals surface area contributed by atoms with Gasteiger partial charge in [-0.3, -0.25) is 4.18 Å². The van der Waals surface area contributed by atoms with E-state index >= 15 is 0 Å². The second kappa shape index (κ2) is 7.91. The molecule has 26 heavy (non-hydrogen) atoms. The molecule has 1 heterocycles. The summed E-state index contributed by atoms with van der Waals surface area (Å²) >= 11 is 0. The molecule has 2 atom stereocenters. The fourth-order valence-electron chi connectivity index (χ4n) is 2.64. The van der Waals surface area contributed by atoms with Gasteiger partial charge in [0.05, 0.1) is 24.2 Å². The summed E-state index contributed by atoms with van der Waals surface area (Å²) in [6, 6.07) is 6.15. The third kappa shape index (κ3) is 5.73. The normalized spacial score (nSPS) is 24.5. The molecule has 2 fully saturated rings. The van der Waals surface area contributed by atoms with Gasteiger partial charge in [-0.25, -0.2) is 0 Å². The van der Waals surface area contributed by atoms with E-state index in [-0.39, 0.29) is 36.3 Å². The lowest BCUT2D eigenvalue weighted by Crippen LogP contribution is -2.48. The van der Waals surface area contributed by atoms with Crippen molar-refractivity contribution in [2.75, 3.05) is 13.2 Å². The van der Waals surface area contributed by atoms with Gasteiger partial charge in [-0.2, -0.15) is 26.3 Å². The number of nitrogens with one attached hydrogen (secondary N) is 2. The molecule has 8 nitrogen and oxygen atoms in total. The third-order valence-electron chi connectivity index (χ3n) is 4.31. The molecule has 1 aromatic rings. The molecular formula is C16H24N2O6S2. The molecule has 3 rings (SSSR count). The zero-order valence-electron chi connectivity index (χ0n) is 14.6. The minimum Gasteiger partial charge on any atom is -0.374 e. The molecule has 0 unspecified atom stereocenters. The van der Waals surface area contributed by atoms with Gasteiger partial charge in [0.2, 0.25) is 0 Å². The summed E-state index contributed by atoms with van der Waals surface area (Å²) in [6.45, 7) is 1.97. The first-order valence-corrected chi connectivity index (χ1v) is 11.5. The lowest BCUT2D eigenvalue weighted by atomic mass is 10.1. The van der Waals surface area contributed by atoms with Crippen LogP contribution < -0.4 is 9.44 Å². The minimum atomic E-state index is -3.83. The second-order valence-electron chi connectivity index (χ2n) is 6.79. The van der Waals surface area contributed by atoms with Crippen LogP contribution in [0.15, 0.2) is 29.2 Å². The average Bonchev–Trinajstić information content (AvgIpc) is 3.37. The molecule has 2 N–H and O–H groups in total. The van der Waals surface area contributed by atoms with E-state index in [4.69, 9.17) is 8.92 Å². The maximum atomic E-state index is 12.2. The van der Waals surface area contributed by atoms with Crippen molar-refractivity contribution in [1.29, 1.82) is 0 Å². The highest BCUT2D eigenvalue weighted by molar-refractivity contribution is 7.87. The van der Waals surface area contributed by atoms with Crippen molar-refractivity contribution in [2.45, 2.75) is 55.7 Å². The average molecular weight is 405 g/mol. The Balaban J connectivity index is 1.44. The maximum absolute atomic E-state index is 12.2. The van der Waals surface area contributed by atoms with Gasteiger partial charge in [0, 0.05) is 12.1 Å². The Morgan fingerprint density at radius 2 is 1.62 bits per heavy atom. The molecule has 1 aliphatic heterocycles. The number of rotatable bonds is 8. The van der Waals surface area contributed by atoms with E-state index in [1.165, 1.54) is 12.1 Å².